The van der Waals surface area contributed by atoms with Gasteiger partial charge in [-0.3, -0.25) is 4.79 Å². The molecule has 128 valence electrons. The van der Waals surface area contributed by atoms with Crippen molar-refractivity contribution >= 4 is 11.9 Å². The molecule has 0 aromatic carbocycles. The van der Waals surface area contributed by atoms with Gasteiger partial charge in [0, 0.05) is 0 Å². The lowest BCUT2D eigenvalue weighted by atomic mass is 9.95. The minimum Gasteiger partial charge on any atom is -0.544 e. The molecule has 1 aliphatic heterocycles. The number of aliphatic hydroxyl groups excluding tert-OH is 3. The minimum absolute atomic E-state index is 0.119. The Hall–Kier alpha value is -1.26. The van der Waals surface area contributed by atoms with Gasteiger partial charge < -0.3 is 39.8 Å². The predicted molar refractivity (Wildman–Crippen MR) is 72.2 cm³/mol. The Morgan fingerprint density at radius 3 is 2.32 bits per heavy atom. The van der Waals surface area contributed by atoms with Crippen molar-refractivity contribution in [2.45, 2.75) is 37.4 Å². The van der Waals surface area contributed by atoms with Crippen molar-refractivity contribution in [2.24, 2.45) is 0 Å². The Kier molecular flexibility index (Phi) is 6.27. The molecule has 0 saturated carbocycles. The molecule has 4 N–H and O–H groups in total. The van der Waals surface area contributed by atoms with Crippen LogP contribution in [0.3, 0.4) is 0 Å². The van der Waals surface area contributed by atoms with Gasteiger partial charge in [-0.1, -0.05) is 0 Å². The summed E-state index contributed by atoms with van der Waals surface area (Å²) in [6.07, 6.45) is -6.34. The summed E-state index contributed by atoms with van der Waals surface area (Å²) in [6, 6.07) is 0. The van der Waals surface area contributed by atoms with Crippen molar-refractivity contribution in [1.29, 1.82) is 0 Å². The summed E-state index contributed by atoms with van der Waals surface area (Å²) in [5.74, 6) is -1.81. The highest BCUT2D eigenvalue weighted by atomic mass is 16.5. The Morgan fingerprint density at radius 2 is 1.77 bits per heavy atom. The van der Waals surface area contributed by atoms with Crippen molar-refractivity contribution in [3.05, 3.63) is 0 Å². The van der Waals surface area contributed by atoms with Gasteiger partial charge in [-0.2, -0.15) is 0 Å². The third-order valence-electron chi connectivity index (χ3n) is 3.68. The maximum absolute atomic E-state index is 12.0. The van der Waals surface area contributed by atoms with Gasteiger partial charge >= 0.3 is 0 Å². The number of quaternary nitrogens is 1. The quantitative estimate of drug-likeness (QED) is 0.364. The summed E-state index contributed by atoms with van der Waals surface area (Å²) in [6.45, 7) is 1.79. The van der Waals surface area contributed by atoms with E-state index in [1.807, 2.05) is 0 Å². The van der Waals surface area contributed by atoms with Gasteiger partial charge in [-0.15, -0.1) is 0 Å². The maximum atomic E-state index is 12.0. The third kappa shape index (κ3) is 4.89. The smallest absolute Gasteiger partial charge is 0.252 e. The second-order valence-corrected chi connectivity index (χ2v) is 6.21. The fourth-order valence-electron chi connectivity index (χ4n) is 2.28. The number of carboxylic acids is 1. The average Bonchev–Trinajstić information content (AvgIpc) is 2.38. The number of nitrogens with one attached hydrogen (secondary N) is 1. The molecule has 0 aromatic rings. The van der Waals surface area contributed by atoms with Crippen molar-refractivity contribution in [2.75, 3.05) is 33.7 Å². The number of ether oxygens (including phenoxy) is 1. The number of amides is 1. The second-order valence-electron chi connectivity index (χ2n) is 6.21. The molecule has 0 bridgehead atoms. The second kappa shape index (κ2) is 7.34. The number of hydrogen-bond acceptors (Lipinski definition) is 7. The SMILES string of the molecule is CC1OC(C(=O)NCC[N+](C)(C)CC(=O)[O-])[C@@H](O)[C@H](O)[C@H]1O. The molecule has 9 nitrogen and oxygen atoms in total. The van der Waals surface area contributed by atoms with Gasteiger partial charge in [0.25, 0.3) is 5.91 Å². The van der Waals surface area contributed by atoms with Crippen molar-refractivity contribution in [3.8, 4) is 0 Å². The van der Waals surface area contributed by atoms with Crippen LogP contribution in [-0.4, -0.2) is 95.9 Å². The van der Waals surface area contributed by atoms with E-state index in [1.54, 1.807) is 14.1 Å². The number of aliphatic hydroxyl groups is 3. The molecule has 1 aliphatic rings. The van der Waals surface area contributed by atoms with Crippen molar-refractivity contribution in [1.82, 2.24) is 5.32 Å². The van der Waals surface area contributed by atoms with Gasteiger partial charge in [-0.05, 0) is 6.92 Å². The Morgan fingerprint density at radius 1 is 1.18 bits per heavy atom. The fraction of sp³-hybridized carbons (Fsp3) is 0.846. The van der Waals surface area contributed by atoms with Crippen LogP contribution in [-0.2, 0) is 14.3 Å². The zero-order chi connectivity index (χ0) is 17.1. The summed E-state index contributed by atoms with van der Waals surface area (Å²) in [5, 5.41) is 42.1. The lowest BCUT2D eigenvalue weighted by Crippen LogP contribution is -2.61. The Balaban J connectivity index is 2.50. The minimum atomic E-state index is -1.53. The zero-order valence-corrected chi connectivity index (χ0v) is 12.9. The number of aliphatic carboxylic acids is 1. The highest BCUT2D eigenvalue weighted by Crippen LogP contribution is 2.20. The topological polar surface area (TPSA) is 139 Å². The van der Waals surface area contributed by atoms with E-state index in [9.17, 15) is 30.0 Å². The molecule has 1 fully saturated rings. The van der Waals surface area contributed by atoms with Crippen molar-refractivity contribution in [3.63, 3.8) is 0 Å². The molecule has 9 heteroatoms. The standard InChI is InChI=1S/C13H24N2O7/c1-7-9(18)10(19)11(20)12(22-7)13(21)14-4-5-15(2,3)6-8(16)17/h7,9-12,18-20H,4-6H2,1-3H3,(H-,14,16,17,21)/t7?,9-,10+,11-,12?/m0/s1. The van der Waals surface area contributed by atoms with E-state index < -0.39 is 42.4 Å². The van der Waals surface area contributed by atoms with Crippen LogP contribution in [0.4, 0.5) is 0 Å². The van der Waals surface area contributed by atoms with E-state index >= 15 is 0 Å². The van der Waals surface area contributed by atoms with Gasteiger partial charge in [0.05, 0.1) is 39.3 Å². The molecule has 5 atom stereocenters. The van der Waals surface area contributed by atoms with Crippen LogP contribution in [0.25, 0.3) is 0 Å². The lowest BCUT2D eigenvalue weighted by molar-refractivity contribution is -0.883. The fourth-order valence-corrected chi connectivity index (χ4v) is 2.28. The number of carbonyl (C=O) groups is 2. The highest BCUT2D eigenvalue weighted by Gasteiger charge is 2.44. The van der Waals surface area contributed by atoms with Gasteiger partial charge in [0.15, 0.2) is 6.10 Å². The summed E-state index contributed by atoms with van der Waals surface area (Å²) in [4.78, 5) is 22.6. The molecule has 1 rings (SSSR count). The molecule has 0 aromatic heterocycles. The van der Waals surface area contributed by atoms with E-state index in [-0.39, 0.29) is 17.6 Å². The third-order valence-corrected chi connectivity index (χ3v) is 3.68. The maximum Gasteiger partial charge on any atom is 0.252 e. The Labute approximate surface area is 128 Å². The van der Waals surface area contributed by atoms with Crippen LogP contribution >= 0.6 is 0 Å². The summed E-state index contributed by atoms with van der Waals surface area (Å²) >= 11 is 0. The van der Waals surface area contributed by atoms with E-state index in [1.165, 1.54) is 6.92 Å². The first kappa shape index (κ1) is 18.8. The summed E-state index contributed by atoms with van der Waals surface area (Å²) in [7, 11) is 3.35. The average molecular weight is 320 g/mol. The Bertz CT molecular complexity index is 415. The number of likely N-dealkylation sites (N-methyl/N-ethyl adjacent to an activating group) is 1. The molecule has 1 amide bonds. The number of nitrogens with zero attached hydrogens (tertiary/aromatic N) is 1. The number of rotatable bonds is 6. The first-order valence-electron chi connectivity index (χ1n) is 7.04. The van der Waals surface area contributed by atoms with Gasteiger partial charge in [0.1, 0.15) is 24.9 Å². The lowest BCUT2D eigenvalue weighted by Gasteiger charge is -2.38. The number of hydrogen-bond donors (Lipinski definition) is 4. The van der Waals surface area contributed by atoms with Crippen LogP contribution in [0, 0.1) is 0 Å². The van der Waals surface area contributed by atoms with Crippen LogP contribution < -0.4 is 10.4 Å². The zero-order valence-electron chi connectivity index (χ0n) is 12.9. The molecular formula is C13H24N2O7. The molecule has 0 aliphatic carbocycles. The number of carboxylic acid groups (broad SMARTS) is 1. The van der Waals surface area contributed by atoms with Crippen molar-refractivity contribution < 1.29 is 39.2 Å². The summed E-state index contributed by atoms with van der Waals surface area (Å²) < 4.78 is 5.33. The first-order valence-corrected chi connectivity index (χ1v) is 7.04. The molecule has 22 heavy (non-hydrogen) atoms. The molecule has 2 unspecified atom stereocenters. The number of carbonyl (C=O) groups excluding carboxylic acids is 2. The molecule has 0 radical (unpaired) electrons. The molecule has 1 heterocycles. The largest absolute Gasteiger partial charge is 0.544 e. The molecule has 1 saturated heterocycles. The van der Waals surface area contributed by atoms with E-state index in [2.05, 4.69) is 5.32 Å². The van der Waals surface area contributed by atoms with Crippen LogP contribution in [0.2, 0.25) is 0 Å². The summed E-state index contributed by atoms with van der Waals surface area (Å²) in [5.41, 5.74) is 0. The highest BCUT2D eigenvalue weighted by molar-refractivity contribution is 5.81. The molecule has 0 spiro atoms. The first-order chi connectivity index (χ1) is 10.0. The van der Waals surface area contributed by atoms with Crippen LogP contribution in [0.1, 0.15) is 6.92 Å². The molecular weight excluding hydrogens is 296 g/mol. The van der Waals surface area contributed by atoms with E-state index in [0.717, 1.165) is 0 Å². The normalized spacial score (nSPS) is 32.5. The van der Waals surface area contributed by atoms with Gasteiger partial charge in [0.2, 0.25) is 0 Å². The predicted octanol–water partition coefficient (Wildman–Crippen LogP) is -4.20. The van der Waals surface area contributed by atoms with E-state index in [4.69, 9.17) is 4.74 Å². The van der Waals surface area contributed by atoms with Gasteiger partial charge in [-0.25, -0.2) is 0 Å². The monoisotopic (exact) mass is 320 g/mol. The van der Waals surface area contributed by atoms with Crippen LogP contribution in [0.15, 0.2) is 0 Å². The van der Waals surface area contributed by atoms with E-state index in [0.29, 0.717) is 6.54 Å². The van der Waals surface area contributed by atoms with Crippen LogP contribution in [0.5, 0.6) is 0 Å².